The molecule has 7 aliphatic rings. The first kappa shape index (κ1) is 37.8. The van der Waals surface area contributed by atoms with E-state index in [1.54, 1.807) is 19.1 Å². The van der Waals surface area contributed by atoms with Gasteiger partial charge in [0, 0.05) is 23.3 Å². The number of carbonyl (C=O) groups excluding carboxylic acids is 4. The number of ether oxygens (including phenoxy) is 2. The number of aryl methyl sites for hydroxylation is 1. The number of carbonyl (C=O) groups is 4. The molecule has 9 rings (SSSR count). The van der Waals surface area contributed by atoms with Crippen molar-refractivity contribution in [3.8, 4) is 17.6 Å². The molecule has 1 aromatic heterocycles. The molecule has 5 atom stereocenters. The smallest absolute Gasteiger partial charge is 0.408 e. The van der Waals surface area contributed by atoms with Gasteiger partial charge in [-0.3, -0.25) is 14.4 Å². The number of halogens is 1. The van der Waals surface area contributed by atoms with Crippen molar-refractivity contribution >= 4 is 44.7 Å². The van der Waals surface area contributed by atoms with Crippen molar-refractivity contribution in [2.45, 2.75) is 143 Å². The van der Waals surface area contributed by atoms with E-state index < -0.39 is 73.5 Å². The second kappa shape index (κ2) is 14.0. The maximum atomic E-state index is 15.1. The summed E-state index contributed by atoms with van der Waals surface area (Å²) in [4.78, 5) is 63.1. The Balaban J connectivity index is 1.07. The molecule has 302 valence electrons. The lowest BCUT2D eigenvalue weighted by Gasteiger charge is -2.38. The fourth-order valence-electron chi connectivity index (χ4n) is 8.80. The summed E-state index contributed by atoms with van der Waals surface area (Å²) in [7, 11) is -4.08. The van der Waals surface area contributed by atoms with Crippen LogP contribution in [0.5, 0.6) is 5.75 Å². The minimum absolute atomic E-state index is 0.00848. The average molecular weight is 802 g/mol. The summed E-state index contributed by atoms with van der Waals surface area (Å²) in [5, 5.41) is 6.31. The summed E-state index contributed by atoms with van der Waals surface area (Å²) in [5.41, 5.74) is -1.18. The van der Waals surface area contributed by atoms with E-state index in [1.165, 1.54) is 11.0 Å². The molecule has 4 heterocycles. The van der Waals surface area contributed by atoms with E-state index in [-0.39, 0.29) is 25.0 Å². The lowest BCUT2D eigenvalue weighted by Crippen LogP contribution is -2.68. The van der Waals surface area contributed by atoms with Gasteiger partial charge in [-0.25, -0.2) is 27.3 Å². The van der Waals surface area contributed by atoms with E-state index in [0.717, 1.165) is 50.5 Å². The summed E-state index contributed by atoms with van der Waals surface area (Å²) in [6.07, 6.45) is 11.7. The van der Waals surface area contributed by atoms with Crippen molar-refractivity contribution in [2.24, 2.45) is 5.92 Å². The number of para-hydroxylation sites is 1. The molecule has 15 heteroatoms. The van der Waals surface area contributed by atoms with Crippen molar-refractivity contribution in [3.63, 3.8) is 0 Å². The third-order valence-corrected chi connectivity index (χ3v) is 15.3. The van der Waals surface area contributed by atoms with Crippen LogP contribution in [0, 0.1) is 23.6 Å². The van der Waals surface area contributed by atoms with E-state index >= 15 is 4.39 Å². The monoisotopic (exact) mass is 801 g/mol. The van der Waals surface area contributed by atoms with Crippen molar-refractivity contribution in [2.75, 3.05) is 6.54 Å². The first-order valence-electron chi connectivity index (χ1n) is 20.5. The maximum absolute atomic E-state index is 15.1. The van der Waals surface area contributed by atoms with Crippen LogP contribution in [0.3, 0.4) is 0 Å². The number of pyridine rings is 1. The van der Waals surface area contributed by atoms with E-state index in [0.29, 0.717) is 67.3 Å². The van der Waals surface area contributed by atoms with Crippen LogP contribution in [0.25, 0.3) is 10.9 Å². The number of allylic oxidation sites excluding steroid dienone is 1. The van der Waals surface area contributed by atoms with Gasteiger partial charge in [0.1, 0.15) is 40.9 Å². The molecule has 1 aromatic carbocycles. The van der Waals surface area contributed by atoms with Gasteiger partial charge in [0.25, 0.3) is 5.91 Å². The fourth-order valence-corrected chi connectivity index (χ4v) is 10.1. The normalized spacial score (nSPS) is 30.7. The highest BCUT2D eigenvalue weighted by atomic mass is 32.2. The Morgan fingerprint density at radius 2 is 1.88 bits per heavy atom. The Morgan fingerprint density at radius 1 is 1.07 bits per heavy atom. The number of alkyl carbamates (subject to hydrolysis) is 1. The molecule has 0 bridgehead atoms. The molecular weight excluding hydrogens is 754 g/mol. The highest BCUT2D eigenvalue weighted by Gasteiger charge is 2.58. The van der Waals surface area contributed by atoms with Crippen LogP contribution in [0.4, 0.5) is 9.18 Å². The number of sulfonamides is 1. The first-order valence-corrected chi connectivity index (χ1v) is 21.9. The van der Waals surface area contributed by atoms with Gasteiger partial charge in [0.05, 0.1) is 22.9 Å². The van der Waals surface area contributed by atoms with Gasteiger partial charge in [-0.05, 0) is 90.0 Å². The molecule has 0 radical (unpaired) electrons. The van der Waals surface area contributed by atoms with Crippen molar-refractivity contribution < 1.29 is 41.5 Å². The van der Waals surface area contributed by atoms with Gasteiger partial charge in [0.2, 0.25) is 21.8 Å². The molecule has 3 saturated carbocycles. The zero-order valence-corrected chi connectivity index (χ0v) is 32.9. The topological polar surface area (TPSA) is 173 Å². The third-order valence-electron chi connectivity index (χ3n) is 13.2. The van der Waals surface area contributed by atoms with Crippen LogP contribution in [0.2, 0.25) is 0 Å². The molecule has 57 heavy (non-hydrogen) atoms. The number of nitrogens with zero attached hydrogens (tertiary/aromatic N) is 2. The van der Waals surface area contributed by atoms with E-state index in [4.69, 9.17) is 14.5 Å². The summed E-state index contributed by atoms with van der Waals surface area (Å²) in [5.74, 6) is 3.05. The van der Waals surface area contributed by atoms with Crippen LogP contribution >= 0.6 is 0 Å². The molecule has 1 saturated heterocycles. The predicted molar refractivity (Wildman–Crippen MR) is 206 cm³/mol. The van der Waals surface area contributed by atoms with E-state index in [1.807, 2.05) is 12.1 Å². The first-order chi connectivity index (χ1) is 27.3. The SMILES string of the molecule is CC1(S(=O)(=O)NC(=O)C23C#CC2C=CCCCCCC(NC(=O)OC2CCC2)C(=O)N2CC4(CCc5c(c(C6CC6)nc6c(F)cccc56)O4)CC2C(=O)N3)CC1. The Hall–Kier alpha value is -4.71. The van der Waals surface area contributed by atoms with Crippen LogP contribution < -0.4 is 20.1 Å². The Morgan fingerprint density at radius 3 is 2.58 bits per heavy atom. The van der Waals surface area contributed by atoms with E-state index in [2.05, 4.69) is 27.2 Å². The molecule has 4 aliphatic carbocycles. The van der Waals surface area contributed by atoms with Crippen LogP contribution in [-0.4, -0.2) is 82.7 Å². The highest BCUT2D eigenvalue weighted by molar-refractivity contribution is 7.91. The quantitative estimate of drug-likeness (QED) is 0.280. The van der Waals surface area contributed by atoms with Gasteiger partial charge in [-0.1, -0.05) is 49.0 Å². The Kier molecular flexibility index (Phi) is 9.29. The average Bonchev–Trinajstić information content (AvgIpc) is 4.10. The summed E-state index contributed by atoms with van der Waals surface area (Å²) >= 11 is 0. The molecule has 3 aliphatic heterocycles. The second-order valence-corrected chi connectivity index (χ2v) is 19.5. The molecular formula is C42H48FN5O8S. The predicted octanol–water partition coefficient (Wildman–Crippen LogP) is 4.57. The molecule has 4 fully saturated rings. The van der Waals surface area contributed by atoms with Gasteiger partial charge < -0.3 is 25.0 Å². The number of hydrogen-bond acceptors (Lipinski definition) is 9. The zero-order chi connectivity index (χ0) is 39.7. The third kappa shape index (κ3) is 6.81. The number of nitrogens with one attached hydrogen (secondary N) is 3. The largest absolute Gasteiger partial charge is 0.483 e. The Labute approximate surface area is 331 Å². The van der Waals surface area contributed by atoms with Crippen LogP contribution in [0.1, 0.15) is 114 Å². The van der Waals surface area contributed by atoms with Crippen molar-refractivity contribution in [3.05, 3.63) is 47.4 Å². The standard InChI is InChI=1S/C42H48FN5O8S/c1-40(21-22-40)57(53,54)47-38(51)42-20-17-26(42)9-5-3-2-4-6-14-31(44-39(52)55-27-10-7-11-27)37(50)48-24-41(23-32(48)36(49)46-42)19-18-29-28-12-8-13-30(43)34(28)45-33(25-15-16-25)35(29)56-41/h5,8-9,12-13,25-27,31-32H,2-4,6-7,10-11,14-16,18-19,21-24H2,1H3,(H,44,52)(H,46,49)(H,47,51). The van der Waals surface area contributed by atoms with Crippen LogP contribution in [0.15, 0.2) is 30.4 Å². The zero-order valence-electron chi connectivity index (χ0n) is 32.0. The molecule has 4 amide bonds. The van der Waals surface area contributed by atoms with Gasteiger partial charge >= 0.3 is 6.09 Å². The van der Waals surface area contributed by atoms with E-state index in [9.17, 15) is 27.6 Å². The molecule has 3 N–H and O–H groups in total. The molecule has 5 unspecified atom stereocenters. The van der Waals surface area contributed by atoms with Gasteiger partial charge in [-0.2, -0.15) is 0 Å². The van der Waals surface area contributed by atoms with Gasteiger partial charge in [-0.15, -0.1) is 0 Å². The van der Waals surface area contributed by atoms with Crippen molar-refractivity contribution in [1.82, 2.24) is 25.2 Å². The fraction of sp³-hybridized carbons (Fsp3) is 0.595. The minimum Gasteiger partial charge on any atom is -0.483 e. The highest BCUT2D eigenvalue weighted by Crippen LogP contribution is 2.51. The van der Waals surface area contributed by atoms with Crippen molar-refractivity contribution in [1.29, 1.82) is 0 Å². The number of aromatic nitrogens is 1. The number of amides is 4. The number of fused-ring (bicyclic) bond motifs is 5. The minimum atomic E-state index is -4.08. The number of rotatable bonds is 6. The second-order valence-electron chi connectivity index (χ2n) is 17.3. The molecule has 1 spiro atoms. The lowest BCUT2D eigenvalue weighted by molar-refractivity contribution is -0.142. The Bertz CT molecular complexity index is 2260. The molecule has 2 aromatic rings. The summed E-state index contributed by atoms with van der Waals surface area (Å²) in [6, 6.07) is 2.68. The number of benzene rings is 1. The van der Waals surface area contributed by atoms with Crippen LogP contribution in [-0.2, 0) is 35.6 Å². The summed E-state index contributed by atoms with van der Waals surface area (Å²) in [6.45, 7) is 1.56. The number of hydrogen-bond donors (Lipinski definition) is 3. The summed E-state index contributed by atoms with van der Waals surface area (Å²) < 4.78 is 55.4. The maximum Gasteiger partial charge on any atom is 0.408 e. The van der Waals surface area contributed by atoms with Gasteiger partial charge in [0.15, 0.2) is 5.54 Å². The molecule has 13 nitrogen and oxygen atoms in total. The lowest BCUT2D eigenvalue weighted by atomic mass is 9.75.